The van der Waals surface area contributed by atoms with Crippen LogP contribution in [-0.4, -0.2) is 31.9 Å². The molecule has 1 aliphatic heterocycles. The largest absolute Gasteiger partial charge is 0.490 e. The van der Waals surface area contributed by atoms with Gasteiger partial charge >= 0.3 is 0 Å². The summed E-state index contributed by atoms with van der Waals surface area (Å²) in [7, 11) is -3.72. The molecule has 4 nitrogen and oxygen atoms in total. The van der Waals surface area contributed by atoms with Crippen LogP contribution in [0.15, 0.2) is 35.7 Å². The van der Waals surface area contributed by atoms with Crippen molar-refractivity contribution in [2.45, 2.75) is 31.2 Å². The third kappa shape index (κ3) is 3.27. The minimum atomic E-state index is -3.72. The van der Waals surface area contributed by atoms with Gasteiger partial charge in [0.25, 0.3) is 0 Å². The molecule has 0 saturated carbocycles. The first kappa shape index (κ1) is 16.0. The Hall–Kier alpha value is -1.40. The molecule has 0 unspecified atom stereocenters. The van der Waals surface area contributed by atoms with Crippen LogP contribution >= 0.6 is 0 Å². The van der Waals surface area contributed by atoms with Crippen molar-refractivity contribution in [1.29, 1.82) is 0 Å². The van der Waals surface area contributed by atoms with E-state index in [0.717, 1.165) is 12.1 Å². The van der Waals surface area contributed by atoms with Crippen molar-refractivity contribution in [3.63, 3.8) is 0 Å². The van der Waals surface area contributed by atoms with E-state index < -0.39 is 15.8 Å². The topological polar surface area (TPSA) is 46.6 Å². The number of hydrogen-bond donors (Lipinski definition) is 0. The van der Waals surface area contributed by atoms with Gasteiger partial charge < -0.3 is 4.74 Å². The Kier molecular flexibility index (Phi) is 4.68. The Balaban J connectivity index is 2.50. The molecular weight excluding hydrogens is 293 g/mol. The van der Waals surface area contributed by atoms with Gasteiger partial charge in [0.15, 0.2) is 0 Å². The Morgan fingerprint density at radius 3 is 2.86 bits per heavy atom. The van der Waals surface area contributed by atoms with E-state index in [1.165, 1.54) is 10.4 Å². The van der Waals surface area contributed by atoms with Gasteiger partial charge in [0.05, 0.1) is 6.04 Å². The van der Waals surface area contributed by atoms with Crippen LogP contribution in [0.4, 0.5) is 4.39 Å². The highest BCUT2D eigenvalue weighted by molar-refractivity contribution is 7.89. The molecule has 21 heavy (non-hydrogen) atoms. The molecule has 0 amide bonds. The Bertz CT molecular complexity index is 628. The maximum atomic E-state index is 13.3. The average molecular weight is 313 g/mol. The molecule has 0 fully saturated rings. The molecule has 1 aliphatic rings. The van der Waals surface area contributed by atoms with E-state index in [1.54, 1.807) is 6.08 Å². The van der Waals surface area contributed by atoms with Crippen LogP contribution in [0.25, 0.3) is 0 Å². The molecule has 0 aliphatic carbocycles. The summed E-state index contributed by atoms with van der Waals surface area (Å²) in [5.74, 6) is -0.115. The molecule has 1 atom stereocenters. The van der Waals surface area contributed by atoms with Crippen molar-refractivity contribution >= 4 is 10.0 Å². The predicted octanol–water partition coefficient (Wildman–Crippen LogP) is 2.81. The summed E-state index contributed by atoms with van der Waals surface area (Å²) in [4.78, 5) is 0.0111. The fourth-order valence-corrected chi connectivity index (χ4v) is 4.21. The monoisotopic (exact) mass is 313 g/mol. The lowest BCUT2D eigenvalue weighted by Crippen LogP contribution is -2.42. The third-order valence-corrected chi connectivity index (χ3v) is 5.34. The molecule has 0 spiro atoms. The molecule has 0 saturated heterocycles. The van der Waals surface area contributed by atoms with Crippen LogP contribution in [0.5, 0.6) is 5.75 Å². The van der Waals surface area contributed by atoms with Crippen molar-refractivity contribution < 1.29 is 17.5 Å². The number of ether oxygens (including phenoxy) is 1. The molecular formula is C15H20FNO3S. The van der Waals surface area contributed by atoms with E-state index >= 15 is 0 Å². The summed E-state index contributed by atoms with van der Waals surface area (Å²) >= 11 is 0. The van der Waals surface area contributed by atoms with E-state index in [2.05, 4.69) is 6.58 Å². The van der Waals surface area contributed by atoms with Gasteiger partial charge in [-0.05, 0) is 24.5 Å². The van der Waals surface area contributed by atoms with Gasteiger partial charge in [-0.3, -0.25) is 0 Å². The van der Waals surface area contributed by atoms with Gasteiger partial charge in [-0.1, -0.05) is 19.9 Å². The molecule has 0 radical (unpaired) electrons. The van der Waals surface area contributed by atoms with Crippen LogP contribution in [-0.2, 0) is 10.0 Å². The second-order valence-corrected chi connectivity index (χ2v) is 7.41. The van der Waals surface area contributed by atoms with Crippen LogP contribution < -0.4 is 4.74 Å². The van der Waals surface area contributed by atoms with Gasteiger partial charge in [0.1, 0.15) is 23.1 Å². The maximum Gasteiger partial charge on any atom is 0.247 e. The summed E-state index contributed by atoms with van der Waals surface area (Å²) in [6.07, 6.45) is 2.23. The minimum Gasteiger partial charge on any atom is -0.490 e. The lowest BCUT2D eigenvalue weighted by molar-refractivity contribution is 0.198. The Morgan fingerprint density at radius 1 is 1.52 bits per heavy atom. The van der Waals surface area contributed by atoms with Crippen LogP contribution in [0.2, 0.25) is 0 Å². The second-order valence-electron chi connectivity index (χ2n) is 5.55. The molecule has 1 heterocycles. The molecule has 1 aromatic carbocycles. The van der Waals surface area contributed by atoms with Crippen LogP contribution in [0, 0.1) is 11.7 Å². The fraction of sp³-hybridized carbons (Fsp3) is 0.467. The standard InChI is InChI=1S/C15H20FNO3S/c1-4-7-17-13(8-11(2)3)10-20-14-9-12(16)5-6-15(14)21(17,18)19/h4-6,9,11,13H,1,7-8,10H2,2-3H3/t13-/m0/s1. The van der Waals surface area contributed by atoms with Crippen molar-refractivity contribution in [3.8, 4) is 5.75 Å². The highest BCUT2D eigenvalue weighted by Crippen LogP contribution is 2.33. The van der Waals surface area contributed by atoms with Gasteiger partial charge in [0.2, 0.25) is 10.0 Å². The van der Waals surface area contributed by atoms with Crippen LogP contribution in [0.3, 0.4) is 0 Å². The zero-order valence-corrected chi connectivity index (χ0v) is 13.1. The van der Waals surface area contributed by atoms with E-state index in [4.69, 9.17) is 4.74 Å². The Labute approximate surface area is 125 Å². The number of hydrogen-bond acceptors (Lipinski definition) is 3. The smallest absolute Gasteiger partial charge is 0.247 e. The van der Waals surface area contributed by atoms with Gasteiger partial charge in [-0.25, -0.2) is 12.8 Å². The minimum absolute atomic E-state index is 0.0111. The Morgan fingerprint density at radius 2 is 2.24 bits per heavy atom. The highest BCUT2D eigenvalue weighted by atomic mass is 32.2. The lowest BCUT2D eigenvalue weighted by atomic mass is 10.0. The van der Waals surface area contributed by atoms with E-state index in [9.17, 15) is 12.8 Å². The van der Waals surface area contributed by atoms with Crippen molar-refractivity contribution in [1.82, 2.24) is 4.31 Å². The zero-order chi connectivity index (χ0) is 15.6. The van der Waals surface area contributed by atoms with Gasteiger partial charge in [0, 0.05) is 12.6 Å². The fourth-order valence-electron chi connectivity index (χ4n) is 2.50. The quantitative estimate of drug-likeness (QED) is 0.803. The third-order valence-electron chi connectivity index (χ3n) is 3.38. The number of rotatable bonds is 4. The highest BCUT2D eigenvalue weighted by Gasteiger charge is 2.36. The molecule has 116 valence electrons. The molecule has 6 heteroatoms. The maximum absolute atomic E-state index is 13.3. The number of halogens is 1. The lowest BCUT2D eigenvalue weighted by Gasteiger charge is -2.28. The normalized spacial score (nSPS) is 21.4. The first-order chi connectivity index (χ1) is 9.86. The molecule has 1 aromatic rings. The molecule has 0 bridgehead atoms. The summed E-state index contributed by atoms with van der Waals surface area (Å²) in [5.41, 5.74) is 0. The number of fused-ring (bicyclic) bond motifs is 1. The first-order valence-electron chi connectivity index (χ1n) is 6.91. The molecule has 0 N–H and O–H groups in total. The van der Waals surface area contributed by atoms with Crippen molar-refractivity contribution in [2.24, 2.45) is 5.92 Å². The number of nitrogens with zero attached hydrogens (tertiary/aromatic N) is 1. The average Bonchev–Trinajstić information content (AvgIpc) is 2.48. The van der Waals surface area contributed by atoms with Gasteiger partial charge in [-0.15, -0.1) is 6.58 Å². The zero-order valence-electron chi connectivity index (χ0n) is 12.3. The summed E-state index contributed by atoms with van der Waals surface area (Å²) < 4.78 is 45.9. The van der Waals surface area contributed by atoms with Gasteiger partial charge in [-0.2, -0.15) is 4.31 Å². The molecule has 0 aromatic heterocycles. The first-order valence-corrected chi connectivity index (χ1v) is 8.35. The second kappa shape index (κ2) is 6.15. The summed E-state index contributed by atoms with van der Waals surface area (Å²) in [6.45, 7) is 8.09. The molecule has 2 rings (SSSR count). The van der Waals surface area contributed by atoms with E-state index in [1.807, 2.05) is 13.8 Å². The van der Waals surface area contributed by atoms with Crippen molar-refractivity contribution in [2.75, 3.05) is 13.2 Å². The number of benzene rings is 1. The summed E-state index contributed by atoms with van der Waals surface area (Å²) in [6, 6.07) is 3.22. The van der Waals surface area contributed by atoms with Crippen molar-refractivity contribution in [3.05, 3.63) is 36.7 Å². The van der Waals surface area contributed by atoms with Crippen LogP contribution in [0.1, 0.15) is 20.3 Å². The summed E-state index contributed by atoms with van der Waals surface area (Å²) in [5, 5.41) is 0. The van der Waals surface area contributed by atoms with E-state index in [0.29, 0.717) is 12.3 Å². The SMILES string of the molecule is C=CCN1[C@@H](CC(C)C)COc2cc(F)ccc2S1(=O)=O. The predicted molar refractivity (Wildman–Crippen MR) is 79.2 cm³/mol. The number of sulfonamides is 1. The van der Waals surface area contributed by atoms with E-state index in [-0.39, 0.29) is 29.8 Å².